The lowest BCUT2D eigenvalue weighted by atomic mass is 10.1. The Morgan fingerprint density at radius 3 is 2.67 bits per heavy atom. The molecule has 0 bridgehead atoms. The van der Waals surface area contributed by atoms with Crippen LogP contribution in [0.2, 0.25) is 0 Å². The Hall–Kier alpha value is -1.70. The maximum atomic E-state index is 12.4. The Labute approximate surface area is 140 Å². The number of nitrogens with one attached hydrogen (secondary N) is 2. The molecule has 0 aliphatic carbocycles. The van der Waals surface area contributed by atoms with Crippen LogP contribution in [0.25, 0.3) is 0 Å². The van der Waals surface area contributed by atoms with Crippen molar-refractivity contribution in [1.29, 1.82) is 0 Å². The number of hydrogen-bond acceptors (Lipinski definition) is 2. The summed E-state index contributed by atoms with van der Waals surface area (Å²) in [5.74, 6) is 0.909. The summed E-state index contributed by atoms with van der Waals surface area (Å²) in [4.78, 5) is 5.99. The molecule has 1 aliphatic rings. The molecular weight excluding hydrogens is 319 g/mol. The zero-order chi connectivity index (χ0) is 17.4. The predicted octanol–water partition coefficient (Wildman–Crippen LogP) is 1.93. The first kappa shape index (κ1) is 18.6. The zero-order valence-corrected chi connectivity index (χ0v) is 14.0. The fraction of sp³-hybridized carbons (Fsp3) is 0.688. The molecule has 0 saturated carbocycles. The summed E-state index contributed by atoms with van der Waals surface area (Å²) in [5, 5.41) is 6.43. The first-order chi connectivity index (χ1) is 11.5. The number of halogens is 3. The van der Waals surface area contributed by atoms with E-state index in [0.29, 0.717) is 19.6 Å². The number of aromatic nitrogens is 1. The fourth-order valence-corrected chi connectivity index (χ4v) is 2.84. The van der Waals surface area contributed by atoms with Gasteiger partial charge in [0.1, 0.15) is 0 Å². The molecule has 1 atom stereocenters. The van der Waals surface area contributed by atoms with Crippen molar-refractivity contribution in [2.24, 2.45) is 10.9 Å². The van der Waals surface area contributed by atoms with Crippen molar-refractivity contribution in [3.05, 3.63) is 24.5 Å². The minimum atomic E-state index is -4.12. The van der Waals surface area contributed by atoms with Crippen molar-refractivity contribution in [2.45, 2.75) is 26.1 Å². The molecule has 0 spiro atoms. The lowest BCUT2D eigenvalue weighted by Gasteiger charge is -2.17. The van der Waals surface area contributed by atoms with Crippen LogP contribution in [0.5, 0.6) is 0 Å². The van der Waals surface area contributed by atoms with E-state index in [1.807, 2.05) is 31.5 Å². The van der Waals surface area contributed by atoms with Gasteiger partial charge in [-0.2, -0.15) is 13.2 Å². The minimum absolute atomic E-state index is 0.187. The molecule has 136 valence electrons. The standard InChI is InChI=1S/C16H26F3N5/c1-2-20-15(21-6-10-23-7-3-4-8-23)22-11-14-5-9-24(12-14)13-16(17,18)19/h3-4,7-8,14H,2,5-6,9-13H2,1H3,(H2,20,21,22). The second kappa shape index (κ2) is 8.96. The van der Waals surface area contributed by atoms with Crippen LogP contribution >= 0.6 is 0 Å². The maximum Gasteiger partial charge on any atom is 0.401 e. The highest BCUT2D eigenvalue weighted by molar-refractivity contribution is 5.79. The summed E-state index contributed by atoms with van der Waals surface area (Å²) in [6, 6.07) is 3.96. The molecule has 1 fully saturated rings. The number of aliphatic imine (C=N–C) groups is 1. The zero-order valence-electron chi connectivity index (χ0n) is 14.0. The average molecular weight is 345 g/mol. The van der Waals surface area contributed by atoms with E-state index >= 15 is 0 Å². The van der Waals surface area contributed by atoms with Crippen molar-refractivity contribution in [3.8, 4) is 0 Å². The second-order valence-electron chi connectivity index (χ2n) is 6.07. The quantitative estimate of drug-likeness (QED) is 0.586. The smallest absolute Gasteiger partial charge is 0.357 e. The number of hydrogen-bond donors (Lipinski definition) is 2. The van der Waals surface area contributed by atoms with Crippen LogP contribution in [0, 0.1) is 5.92 Å². The average Bonchev–Trinajstić information content (AvgIpc) is 3.15. The predicted molar refractivity (Wildman–Crippen MR) is 89.0 cm³/mol. The Balaban J connectivity index is 1.74. The largest absolute Gasteiger partial charge is 0.401 e. The van der Waals surface area contributed by atoms with Gasteiger partial charge in [-0.25, -0.2) is 0 Å². The number of nitrogens with zero attached hydrogens (tertiary/aromatic N) is 3. The highest BCUT2D eigenvalue weighted by atomic mass is 19.4. The second-order valence-corrected chi connectivity index (χ2v) is 6.07. The van der Waals surface area contributed by atoms with Crippen molar-refractivity contribution in [2.75, 3.05) is 39.3 Å². The molecule has 8 heteroatoms. The first-order valence-corrected chi connectivity index (χ1v) is 8.38. The van der Waals surface area contributed by atoms with E-state index in [0.717, 1.165) is 32.0 Å². The van der Waals surface area contributed by atoms with Crippen LogP contribution < -0.4 is 10.6 Å². The summed E-state index contributed by atoms with van der Waals surface area (Å²) in [7, 11) is 0. The van der Waals surface area contributed by atoms with Gasteiger partial charge < -0.3 is 15.2 Å². The maximum absolute atomic E-state index is 12.4. The third-order valence-corrected chi connectivity index (χ3v) is 3.95. The van der Waals surface area contributed by atoms with Gasteiger partial charge in [-0.15, -0.1) is 0 Å². The SMILES string of the molecule is CCNC(=NCC1CCN(CC(F)(F)F)C1)NCCn1cccc1. The van der Waals surface area contributed by atoms with Crippen LogP contribution in [0.4, 0.5) is 13.2 Å². The Morgan fingerprint density at radius 1 is 1.25 bits per heavy atom. The monoisotopic (exact) mass is 345 g/mol. The van der Waals surface area contributed by atoms with E-state index in [1.54, 1.807) is 0 Å². The molecular formula is C16H26F3N5. The fourth-order valence-electron chi connectivity index (χ4n) is 2.84. The molecule has 0 radical (unpaired) electrons. The number of likely N-dealkylation sites (tertiary alicyclic amines) is 1. The third-order valence-electron chi connectivity index (χ3n) is 3.95. The summed E-state index contributed by atoms with van der Waals surface area (Å²) in [5.41, 5.74) is 0. The van der Waals surface area contributed by atoms with Crippen molar-refractivity contribution < 1.29 is 13.2 Å². The summed E-state index contributed by atoms with van der Waals surface area (Å²) in [6.07, 6.45) is 0.647. The van der Waals surface area contributed by atoms with Crippen LogP contribution in [-0.4, -0.2) is 60.9 Å². The van der Waals surface area contributed by atoms with Crippen LogP contribution in [0.1, 0.15) is 13.3 Å². The van der Waals surface area contributed by atoms with Crippen LogP contribution in [-0.2, 0) is 6.54 Å². The number of guanidine groups is 1. The van der Waals surface area contributed by atoms with Crippen LogP contribution in [0.15, 0.2) is 29.5 Å². The molecule has 1 aliphatic heterocycles. The third kappa shape index (κ3) is 6.82. The lowest BCUT2D eigenvalue weighted by Crippen LogP contribution is -2.39. The molecule has 1 aromatic heterocycles. The molecule has 5 nitrogen and oxygen atoms in total. The van der Waals surface area contributed by atoms with Gasteiger partial charge in [0.25, 0.3) is 0 Å². The molecule has 1 saturated heterocycles. The highest BCUT2D eigenvalue weighted by Crippen LogP contribution is 2.22. The van der Waals surface area contributed by atoms with Crippen LogP contribution in [0.3, 0.4) is 0 Å². The molecule has 1 unspecified atom stereocenters. The summed E-state index contributed by atoms with van der Waals surface area (Å²) >= 11 is 0. The normalized spacial score (nSPS) is 19.7. The molecule has 2 heterocycles. The van der Waals surface area contributed by atoms with E-state index in [4.69, 9.17) is 0 Å². The Bertz CT molecular complexity index is 498. The van der Waals surface area contributed by atoms with Gasteiger partial charge in [0.05, 0.1) is 6.54 Å². The van der Waals surface area contributed by atoms with E-state index in [1.165, 1.54) is 4.90 Å². The summed E-state index contributed by atoms with van der Waals surface area (Å²) in [6.45, 7) is 5.01. The van der Waals surface area contributed by atoms with Crippen molar-refractivity contribution >= 4 is 5.96 Å². The van der Waals surface area contributed by atoms with Gasteiger partial charge in [0.15, 0.2) is 5.96 Å². The van der Waals surface area contributed by atoms with Crippen molar-refractivity contribution in [1.82, 2.24) is 20.1 Å². The number of rotatable bonds is 7. The van der Waals surface area contributed by atoms with Gasteiger partial charge in [0.2, 0.25) is 0 Å². The van der Waals surface area contributed by atoms with E-state index in [2.05, 4.69) is 20.2 Å². The van der Waals surface area contributed by atoms with Gasteiger partial charge >= 0.3 is 6.18 Å². The molecule has 0 amide bonds. The van der Waals surface area contributed by atoms with Gasteiger partial charge in [0, 0.05) is 45.1 Å². The Morgan fingerprint density at radius 2 is 2.00 bits per heavy atom. The van der Waals surface area contributed by atoms with E-state index in [-0.39, 0.29) is 5.92 Å². The number of alkyl halides is 3. The Kier molecular flexibility index (Phi) is 6.96. The van der Waals surface area contributed by atoms with E-state index in [9.17, 15) is 13.2 Å². The lowest BCUT2D eigenvalue weighted by molar-refractivity contribution is -0.143. The molecule has 2 N–H and O–H groups in total. The minimum Gasteiger partial charge on any atom is -0.357 e. The topological polar surface area (TPSA) is 44.6 Å². The first-order valence-electron chi connectivity index (χ1n) is 8.38. The summed E-state index contributed by atoms with van der Waals surface area (Å²) < 4.78 is 39.3. The molecule has 24 heavy (non-hydrogen) atoms. The highest BCUT2D eigenvalue weighted by Gasteiger charge is 2.34. The van der Waals surface area contributed by atoms with Gasteiger partial charge in [-0.05, 0) is 37.9 Å². The van der Waals surface area contributed by atoms with Gasteiger partial charge in [-0.3, -0.25) is 9.89 Å². The molecule has 1 aromatic rings. The van der Waals surface area contributed by atoms with E-state index < -0.39 is 12.7 Å². The molecule has 2 rings (SSSR count). The van der Waals surface area contributed by atoms with Crippen molar-refractivity contribution in [3.63, 3.8) is 0 Å². The molecule has 0 aromatic carbocycles. The van der Waals surface area contributed by atoms with Gasteiger partial charge in [-0.1, -0.05) is 0 Å².